The average Bonchev–Trinajstić information content (AvgIpc) is 2.76. The minimum Gasteiger partial charge on any atom is -0.389 e. The van der Waals surface area contributed by atoms with E-state index in [1.165, 1.54) is 0 Å². The molecule has 3 nitrogen and oxygen atoms in total. The van der Waals surface area contributed by atoms with E-state index in [1.807, 2.05) is 18.2 Å². The Morgan fingerprint density at radius 2 is 2.28 bits per heavy atom. The monoisotopic (exact) mass is 284 g/mol. The summed E-state index contributed by atoms with van der Waals surface area (Å²) in [6.45, 7) is 0. The minimum absolute atomic E-state index is 0.326. The minimum atomic E-state index is 0.326. The molecule has 2 atom stereocenters. The number of thiocarbonyl (C=S) groups is 1. The normalized spacial score (nSPS) is 23.0. The van der Waals surface area contributed by atoms with Gasteiger partial charge in [0.05, 0.1) is 11.1 Å². The topological polar surface area (TPSA) is 47.3 Å². The van der Waals surface area contributed by atoms with Crippen molar-refractivity contribution in [3.63, 3.8) is 0 Å². The second kappa shape index (κ2) is 5.87. The maximum Gasteiger partial charge on any atom is 0.105 e. The lowest BCUT2D eigenvalue weighted by molar-refractivity contribution is 0.108. The van der Waals surface area contributed by atoms with Crippen molar-refractivity contribution in [3.05, 3.63) is 28.8 Å². The molecule has 0 aromatic heterocycles. The molecule has 0 bridgehead atoms. The molecular weight excluding hydrogens is 268 g/mol. The molecule has 98 valence electrons. The van der Waals surface area contributed by atoms with E-state index in [4.69, 9.17) is 34.3 Å². The van der Waals surface area contributed by atoms with Crippen LogP contribution in [0, 0.1) is 0 Å². The fraction of sp³-hybridized carbons (Fsp3) is 0.462. The Hall–Kier alpha value is -0.840. The van der Waals surface area contributed by atoms with Crippen LogP contribution in [0.5, 0.6) is 0 Å². The SMILES string of the molecule is COC1CCC(Nc2ccc(C(N)=S)c(Cl)c2)C1. The molecule has 5 heteroatoms. The van der Waals surface area contributed by atoms with Crippen molar-refractivity contribution in [1.29, 1.82) is 0 Å². The van der Waals surface area contributed by atoms with Crippen molar-refractivity contribution in [3.8, 4) is 0 Å². The Morgan fingerprint density at radius 3 is 2.83 bits per heavy atom. The molecule has 1 saturated carbocycles. The number of ether oxygens (including phenoxy) is 1. The van der Waals surface area contributed by atoms with Crippen LogP contribution >= 0.6 is 23.8 Å². The molecule has 0 saturated heterocycles. The van der Waals surface area contributed by atoms with Gasteiger partial charge in [0.2, 0.25) is 0 Å². The summed E-state index contributed by atoms with van der Waals surface area (Å²) in [5.74, 6) is 0. The number of methoxy groups -OCH3 is 1. The van der Waals surface area contributed by atoms with Gasteiger partial charge in [0.1, 0.15) is 4.99 Å². The highest BCUT2D eigenvalue weighted by Gasteiger charge is 2.24. The number of nitrogens with one attached hydrogen (secondary N) is 1. The van der Waals surface area contributed by atoms with Crippen LogP contribution in [0.1, 0.15) is 24.8 Å². The first kappa shape index (κ1) is 13.6. The summed E-state index contributed by atoms with van der Waals surface area (Å²) in [7, 11) is 1.76. The molecule has 0 spiro atoms. The van der Waals surface area contributed by atoms with Crippen molar-refractivity contribution in [2.45, 2.75) is 31.4 Å². The van der Waals surface area contributed by atoms with Gasteiger partial charge in [-0.15, -0.1) is 0 Å². The summed E-state index contributed by atoms with van der Waals surface area (Å²) in [6, 6.07) is 6.13. The number of benzene rings is 1. The molecular formula is C13H17ClN2OS. The van der Waals surface area contributed by atoms with E-state index >= 15 is 0 Å². The number of rotatable bonds is 4. The van der Waals surface area contributed by atoms with Crippen molar-refractivity contribution in [2.24, 2.45) is 5.73 Å². The smallest absolute Gasteiger partial charge is 0.105 e. The fourth-order valence-electron chi connectivity index (χ4n) is 2.33. The van der Waals surface area contributed by atoms with E-state index in [0.29, 0.717) is 22.2 Å². The molecule has 1 aliphatic carbocycles. The van der Waals surface area contributed by atoms with Crippen molar-refractivity contribution in [1.82, 2.24) is 0 Å². The second-order valence-electron chi connectivity index (χ2n) is 4.57. The van der Waals surface area contributed by atoms with Crippen LogP contribution in [0.3, 0.4) is 0 Å². The molecule has 1 aromatic carbocycles. The number of anilines is 1. The van der Waals surface area contributed by atoms with E-state index in [2.05, 4.69) is 5.32 Å². The summed E-state index contributed by atoms with van der Waals surface area (Å²) < 4.78 is 5.35. The first-order valence-corrected chi connectivity index (χ1v) is 6.77. The van der Waals surface area contributed by atoms with Crippen LogP contribution in [0.4, 0.5) is 5.69 Å². The largest absolute Gasteiger partial charge is 0.389 e. The Labute approximate surface area is 118 Å². The predicted octanol–water partition coefficient (Wildman–Crippen LogP) is 2.95. The molecule has 18 heavy (non-hydrogen) atoms. The van der Waals surface area contributed by atoms with Gasteiger partial charge in [-0.05, 0) is 37.5 Å². The molecule has 0 radical (unpaired) electrons. The van der Waals surface area contributed by atoms with Gasteiger partial charge >= 0.3 is 0 Å². The highest BCUT2D eigenvalue weighted by atomic mass is 35.5. The lowest BCUT2D eigenvalue weighted by Gasteiger charge is -2.15. The van der Waals surface area contributed by atoms with E-state index in [0.717, 1.165) is 30.5 Å². The zero-order valence-electron chi connectivity index (χ0n) is 10.3. The summed E-state index contributed by atoms with van der Waals surface area (Å²) in [4.78, 5) is 0.326. The van der Waals surface area contributed by atoms with Crippen LogP contribution in [-0.4, -0.2) is 24.2 Å². The maximum atomic E-state index is 6.13. The fourth-order valence-corrected chi connectivity index (χ4v) is 2.84. The predicted molar refractivity (Wildman–Crippen MR) is 79.4 cm³/mol. The molecule has 0 amide bonds. The van der Waals surface area contributed by atoms with E-state index in [1.54, 1.807) is 7.11 Å². The lowest BCUT2D eigenvalue weighted by Crippen LogP contribution is -2.17. The van der Waals surface area contributed by atoms with Gasteiger partial charge in [-0.2, -0.15) is 0 Å². The van der Waals surface area contributed by atoms with Gasteiger partial charge in [-0.1, -0.05) is 23.8 Å². The number of halogens is 1. The number of nitrogens with two attached hydrogens (primary N) is 1. The third kappa shape index (κ3) is 3.13. The zero-order chi connectivity index (χ0) is 13.1. The molecule has 1 aliphatic rings. The van der Waals surface area contributed by atoms with Gasteiger partial charge in [-0.3, -0.25) is 0 Å². The first-order valence-electron chi connectivity index (χ1n) is 5.99. The van der Waals surface area contributed by atoms with Gasteiger partial charge in [0.25, 0.3) is 0 Å². The van der Waals surface area contributed by atoms with Crippen molar-refractivity contribution >= 4 is 34.5 Å². The van der Waals surface area contributed by atoms with Gasteiger partial charge in [-0.25, -0.2) is 0 Å². The number of hydrogen-bond donors (Lipinski definition) is 2. The standard InChI is InChI=1S/C13H17ClN2OS/c1-17-10-4-2-8(6-10)16-9-3-5-11(13(15)18)12(14)7-9/h3,5,7-8,10,16H,2,4,6H2,1H3,(H2,15,18). The maximum absolute atomic E-state index is 6.13. The second-order valence-corrected chi connectivity index (χ2v) is 5.42. The summed E-state index contributed by atoms with van der Waals surface area (Å²) in [5.41, 5.74) is 7.30. The first-order chi connectivity index (χ1) is 8.60. The highest BCUT2D eigenvalue weighted by Crippen LogP contribution is 2.27. The van der Waals surface area contributed by atoms with Crippen LogP contribution in [0.25, 0.3) is 0 Å². The average molecular weight is 285 g/mol. The third-order valence-corrected chi connectivity index (χ3v) is 3.86. The quantitative estimate of drug-likeness (QED) is 0.835. The van der Waals surface area contributed by atoms with Crippen LogP contribution in [0.15, 0.2) is 18.2 Å². The molecule has 1 aromatic rings. The summed E-state index contributed by atoms with van der Waals surface area (Å²) in [6.07, 6.45) is 3.62. The van der Waals surface area contributed by atoms with Crippen molar-refractivity contribution < 1.29 is 4.74 Å². The third-order valence-electron chi connectivity index (χ3n) is 3.32. The Kier molecular flexibility index (Phi) is 4.43. The Bertz CT molecular complexity index is 453. The number of hydrogen-bond acceptors (Lipinski definition) is 3. The lowest BCUT2D eigenvalue weighted by atomic mass is 10.1. The molecule has 2 unspecified atom stereocenters. The van der Waals surface area contributed by atoms with Crippen LogP contribution in [0.2, 0.25) is 5.02 Å². The molecule has 2 rings (SSSR count). The summed E-state index contributed by atoms with van der Waals surface area (Å²) in [5, 5.41) is 4.06. The van der Waals surface area contributed by atoms with E-state index in [9.17, 15) is 0 Å². The summed E-state index contributed by atoms with van der Waals surface area (Å²) >= 11 is 11.1. The van der Waals surface area contributed by atoms with Crippen molar-refractivity contribution in [2.75, 3.05) is 12.4 Å². The van der Waals surface area contributed by atoms with Crippen LogP contribution in [-0.2, 0) is 4.74 Å². The Balaban J connectivity index is 2.02. The van der Waals surface area contributed by atoms with Crippen LogP contribution < -0.4 is 11.1 Å². The van der Waals surface area contributed by atoms with Gasteiger partial charge in [0.15, 0.2) is 0 Å². The Morgan fingerprint density at radius 1 is 1.50 bits per heavy atom. The highest BCUT2D eigenvalue weighted by molar-refractivity contribution is 7.80. The molecule has 0 heterocycles. The van der Waals surface area contributed by atoms with Gasteiger partial charge in [0, 0.05) is 24.4 Å². The molecule has 3 N–H and O–H groups in total. The molecule has 1 fully saturated rings. The van der Waals surface area contributed by atoms with E-state index < -0.39 is 0 Å². The molecule has 0 aliphatic heterocycles. The zero-order valence-corrected chi connectivity index (χ0v) is 11.9. The van der Waals surface area contributed by atoms with Gasteiger partial charge < -0.3 is 15.8 Å². The van der Waals surface area contributed by atoms with E-state index in [-0.39, 0.29) is 0 Å².